The number of carbonyl (C=O) groups excluding carboxylic acids is 2. The minimum absolute atomic E-state index is 0.0942. The molecule has 40 heavy (non-hydrogen) atoms. The third-order valence-corrected chi connectivity index (χ3v) is 9.75. The van der Waals surface area contributed by atoms with Gasteiger partial charge in [0.15, 0.2) is 0 Å². The van der Waals surface area contributed by atoms with Crippen LogP contribution in [0.3, 0.4) is 0 Å². The molecular weight excluding hydrogens is 524 g/mol. The zero-order chi connectivity index (χ0) is 28.0. The molecule has 6 rings (SSSR count). The highest BCUT2D eigenvalue weighted by molar-refractivity contribution is 6.34. The molecule has 8 heteroatoms. The lowest BCUT2D eigenvalue weighted by Crippen LogP contribution is -2.42. The number of halogens is 1. The fourth-order valence-corrected chi connectivity index (χ4v) is 7.18. The molecule has 2 aromatic carbocycles. The summed E-state index contributed by atoms with van der Waals surface area (Å²) in [5.74, 6) is 0.835. The van der Waals surface area contributed by atoms with Gasteiger partial charge in [-0.2, -0.15) is 0 Å². The topological polar surface area (TPSA) is 78.7 Å². The van der Waals surface area contributed by atoms with Crippen molar-refractivity contribution in [3.05, 3.63) is 86.3 Å². The minimum Gasteiger partial charge on any atom is -0.361 e. The molecule has 2 saturated heterocycles. The van der Waals surface area contributed by atoms with Crippen molar-refractivity contribution in [2.45, 2.75) is 65.5 Å². The SMILES string of the molecule is Cc1cccc(Cl)c1C(=O)NC1CCc2ccc(C(=O)N3CCC4(CCN(Cc5c(C)noc5C)CC4)C3)cc21. The third kappa shape index (κ3) is 5.06. The average Bonchev–Trinajstić information content (AvgIpc) is 3.63. The number of piperidine rings is 1. The van der Waals surface area contributed by atoms with Crippen LogP contribution in [0.5, 0.6) is 0 Å². The fraction of sp³-hybridized carbons (Fsp3) is 0.469. The van der Waals surface area contributed by atoms with Gasteiger partial charge in [0.25, 0.3) is 11.8 Å². The van der Waals surface area contributed by atoms with Crippen molar-refractivity contribution in [1.29, 1.82) is 0 Å². The van der Waals surface area contributed by atoms with Crippen molar-refractivity contribution in [1.82, 2.24) is 20.3 Å². The number of hydrogen-bond acceptors (Lipinski definition) is 5. The molecule has 1 N–H and O–H groups in total. The number of nitrogens with zero attached hydrogens (tertiary/aromatic N) is 3. The number of fused-ring (bicyclic) bond motifs is 1. The Bertz CT molecular complexity index is 1420. The number of carbonyl (C=O) groups is 2. The Balaban J connectivity index is 1.10. The van der Waals surface area contributed by atoms with Gasteiger partial charge in [0.05, 0.1) is 22.3 Å². The molecule has 0 bridgehead atoms. The molecule has 0 saturated carbocycles. The number of hydrogen-bond donors (Lipinski definition) is 1. The molecule has 0 radical (unpaired) electrons. The number of likely N-dealkylation sites (tertiary alicyclic amines) is 2. The Kier molecular flexibility index (Phi) is 7.21. The first-order valence-electron chi connectivity index (χ1n) is 14.4. The number of aryl methyl sites for hydroxylation is 4. The van der Waals surface area contributed by atoms with Gasteiger partial charge in [-0.15, -0.1) is 0 Å². The van der Waals surface area contributed by atoms with Crippen LogP contribution in [-0.4, -0.2) is 52.9 Å². The summed E-state index contributed by atoms with van der Waals surface area (Å²) in [5, 5.41) is 7.73. The largest absolute Gasteiger partial charge is 0.361 e. The Morgan fingerprint density at radius 2 is 1.88 bits per heavy atom. The van der Waals surface area contributed by atoms with Crippen LogP contribution < -0.4 is 5.32 Å². The van der Waals surface area contributed by atoms with Crippen molar-refractivity contribution < 1.29 is 14.1 Å². The van der Waals surface area contributed by atoms with Gasteiger partial charge in [-0.25, -0.2) is 0 Å². The van der Waals surface area contributed by atoms with E-state index in [1.54, 1.807) is 6.07 Å². The lowest BCUT2D eigenvalue weighted by molar-refractivity contribution is 0.0713. The Labute approximate surface area is 240 Å². The van der Waals surface area contributed by atoms with E-state index in [-0.39, 0.29) is 23.3 Å². The van der Waals surface area contributed by atoms with Crippen molar-refractivity contribution in [2.24, 2.45) is 5.41 Å². The van der Waals surface area contributed by atoms with Crippen LogP contribution in [0.15, 0.2) is 40.9 Å². The lowest BCUT2D eigenvalue weighted by Gasteiger charge is -2.39. The number of benzene rings is 2. The molecule has 2 aliphatic heterocycles. The maximum absolute atomic E-state index is 13.7. The summed E-state index contributed by atoms with van der Waals surface area (Å²) in [7, 11) is 0. The van der Waals surface area contributed by atoms with Crippen LogP contribution in [0.4, 0.5) is 0 Å². The molecule has 210 valence electrons. The zero-order valence-electron chi connectivity index (χ0n) is 23.6. The molecule has 1 spiro atoms. The first kappa shape index (κ1) is 27.0. The number of rotatable bonds is 5. The van der Waals surface area contributed by atoms with Crippen LogP contribution in [0, 0.1) is 26.2 Å². The fourth-order valence-electron chi connectivity index (χ4n) is 6.87. The highest BCUT2D eigenvalue weighted by atomic mass is 35.5. The molecule has 1 aromatic heterocycles. The second-order valence-corrected chi connectivity index (χ2v) is 12.4. The Hall–Kier alpha value is -3.16. The van der Waals surface area contributed by atoms with E-state index in [1.165, 1.54) is 11.1 Å². The van der Waals surface area contributed by atoms with Crippen molar-refractivity contribution >= 4 is 23.4 Å². The molecule has 7 nitrogen and oxygen atoms in total. The Morgan fingerprint density at radius 3 is 2.60 bits per heavy atom. The standard InChI is InChI=1S/C32H37ClN4O3/c1-20-5-4-6-27(33)29(20)30(38)34-28-10-9-23-7-8-24(17-25(23)28)31(39)37-16-13-32(19-37)11-14-36(15-12-32)18-26-21(2)35-40-22(26)3/h4-8,17,28H,9-16,18-19H2,1-3H3,(H,34,38). The summed E-state index contributed by atoms with van der Waals surface area (Å²) in [6.45, 7) is 10.4. The number of amides is 2. The molecule has 3 heterocycles. The smallest absolute Gasteiger partial charge is 0.253 e. The van der Waals surface area contributed by atoms with Crippen molar-refractivity contribution in [3.8, 4) is 0 Å². The van der Waals surface area contributed by atoms with Crippen molar-refractivity contribution in [2.75, 3.05) is 26.2 Å². The van der Waals surface area contributed by atoms with Gasteiger partial charge in [-0.3, -0.25) is 14.5 Å². The molecule has 1 aliphatic carbocycles. The average molecular weight is 561 g/mol. The second kappa shape index (κ2) is 10.7. The normalized spacial score (nSPS) is 20.2. The van der Waals surface area contributed by atoms with E-state index in [4.69, 9.17) is 16.1 Å². The van der Waals surface area contributed by atoms with Crippen LogP contribution in [0.2, 0.25) is 5.02 Å². The van der Waals surface area contributed by atoms with Gasteiger partial charge in [0.1, 0.15) is 5.76 Å². The predicted octanol–water partition coefficient (Wildman–Crippen LogP) is 5.80. The summed E-state index contributed by atoms with van der Waals surface area (Å²) in [4.78, 5) is 31.3. The van der Waals surface area contributed by atoms with Gasteiger partial charge in [0, 0.05) is 30.8 Å². The van der Waals surface area contributed by atoms with Gasteiger partial charge >= 0.3 is 0 Å². The van der Waals surface area contributed by atoms with Crippen molar-refractivity contribution in [3.63, 3.8) is 0 Å². The van der Waals surface area contributed by atoms with Crippen LogP contribution >= 0.6 is 11.6 Å². The van der Waals surface area contributed by atoms with Gasteiger partial charge in [0.2, 0.25) is 0 Å². The molecule has 1 atom stereocenters. The minimum atomic E-state index is -0.167. The Morgan fingerprint density at radius 1 is 1.10 bits per heavy atom. The lowest BCUT2D eigenvalue weighted by atomic mass is 9.77. The molecular formula is C32H37ClN4O3. The number of aromatic nitrogens is 1. The monoisotopic (exact) mass is 560 g/mol. The van der Waals surface area contributed by atoms with E-state index < -0.39 is 0 Å². The second-order valence-electron chi connectivity index (χ2n) is 12.0. The summed E-state index contributed by atoms with van der Waals surface area (Å²) in [6.07, 6.45) is 4.95. The highest BCUT2D eigenvalue weighted by Crippen LogP contribution is 2.41. The summed E-state index contributed by atoms with van der Waals surface area (Å²) >= 11 is 6.34. The van der Waals surface area contributed by atoms with Gasteiger partial charge in [-0.1, -0.05) is 35.0 Å². The van der Waals surface area contributed by atoms with Crippen LogP contribution in [0.25, 0.3) is 0 Å². The first-order chi connectivity index (χ1) is 19.2. The molecule has 2 fully saturated rings. The quantitative estimate of drug-likeness (QED) is 0.427. The highest BCUT2D eigenvalue weighted by Gasteiger charge is 2.42. The van der Waals surface area contributed by atoms with E-state index >= 15 is 0 Å². The van der Waals surface area contributed by atoms with E-state index in [1.807, 2.05) is 49.9 Å². The van der Waals surface area contributed by atoms with Crippen LogP contribution in [0.1, 0.15) is 86.1 Å². The number of nitrogens with one attached hydrogen (secondary N) is 1. The van der Waals surface area contributed by atoms with E-state index in [0.29, 0.717) is 16.1 Å². The predicted molar refractivity (Wildman–Crippen MR) is 155 cm³/mol. The summed E-state index contributed by atoms with van der Waals surface area (Å²) < 4.78 is 5.35. The third-order valence-electron chi connectivity index (χ3n) is 9.43. The molecule has 2 amide bonds. The maximum Gasteiger partial charge on any atom is 0.253 e. The van der Waals surface area contributed by atoms with E-state index in [0.717, 1.165) is 87.4 Å². The van der Waals surface area contributed by atoms with Gasteiger partial charge < -0.3 is 14.7 Å². The molecule has 1 unspecified atom stereocenters. The summed E-state index contributed by atoms with van der Waals surface area (Å²) in [5.41, 5.74) is 6.70. The maximum atomic E-state index is 13.7. The zero-order valence-corrected chi connectivity index (χ0v) is 24.3. The summed E-state index contributed by atoms with van der Waals surface area (Å²) in [6, 6.07) is 11.4. The van der Waals surface area contributed by atoms with Gasteiger partial charge in [-0.05, 0) is 106 Å². The van der Waals surface area contributed by atoms with E-state index in [2.05, 4.69) is 21.4 Å². The molecule has 3 aromatic rings. The van der Waals surface area contributed by atoms with Crippen LogP contribution in [-0.2, 0) is 13.0 Å². The molecule has 3 aliphatic rings. The first-order valence-corrected chi connectivity index (χ1v) is 14.7. The van der Waals surface area contributed by atoms with E-state index in [9.17, 15) is 9.59 Å².